The van der Waals surface area contributed by atoms with Crippen LogP contribution in [0.2, 0.25) is 0 Å². The molecule has 0 fully saturated rings. The van der Waals surface area contributed by atoms with Gasteiger partial charge in [-0.15, -0.1) is 0 Å². The second kappa shape index (κ2) is 14.9. The standard InChI is InChI=1S/C34H37F5O2S/c35-33(36,34(37,38)39)22-11-25-42(40)24-9-2-1-8-23-41-29-20-18-28(19-21-29)32(27-13-4-3-5-14-27)31-17-10-15-26-12-6-7-16-30(26)31/h3-7,12-14,16,18-21H,1-2,8-11,15,17,22-25H2/b32-31-. The molecule has 0 heterocycles. The van der Waals surface area contributed by atoms with E-state index in [9.17, 15) is 26.2 Å². The fraction of sp³-hybridized carbons (Fsp3) is 0.412. The fourth-order valence-electron chi connectivity index (χ4n) is 5.33. The lowest BCUT2D eigenvalue weighted by Gasteiger charge is -2.23. The summed E-state index contributed by atoms with van der Waals surface area (Å²) in [6.07, 6.45) is -0.945. The average Bonchev–Trinajstić information content (AvgIpc) is 2.97. The van der Waals surface area contributed by atoms with Crippen LogP contribution in [0.25, 0.3) is 11.1 Å². The number of rotatable bonds is 14. The van der Waals surface area contributed by atoms with Crippen LogP contribution < -0.4 is 4.74 Å². The Kier molecular flexibility index (Phi) is 11.4. The summed E-state index contributed by atoms with van der Waals surface area (Å²) in [6, 6.07) is 27.4. The molecule has 0 radical (unpaired) electrons. The van der Waals surface area contributed by atoms with Gasteiger partial charge in [-0.2, -0.15) is 22.0 Å². The van der Waals surface area contributed by atoms with Crippen LogP contribution in [0.15, 0.2) is 78.9 Å². The number of hydrogen-bond donors (Lipinski definition) is 0. The van der Waals surface area contributed by atoms with Gasteiger partial charge in [0.05, 0.1) is 6.61 Å². The van der Waals surface area contributed by atoms with E-state index in [4.69, 9.17) is 4.74 Å². The summed E-state index contributed by atoms with van der Waals surface area (Å²) in [7, 11) is -1.39. The van der Waals surface area contributed by atoms with E-state index in [1.807, 2.05) is 18.2 Å². The monoisotopic (exact) mass is 604 g/mol. The van der Waals surface area contributed by atoms with Gasteiger partial charge in [-0.05, 0) is 84.1 Å². The lowest BCUT2D eigenvalue weighted by molar-refractivity contribution is -0.284. The third-order valence-corrected chi connectivity index (χ3v) is 9.02. The zero-order chi connectivity index (χ0) is 30.0. The van der Waals surface area contributed by atoms with Gasteiger partial charge in [0.15, 0.2) is 0 Å². The van der Waals surface area contributed by atoms with Crippen LogP contribution in [0.4, 0.5) is 22.0 Å². The molecule has 0 saturated heterocycles. The largest absolute Gasteiger partial charge is 0.494 e. The highest BCUT2D eigenvalue weighted by Crippen LogP contribution is 2.40. The molecule has 1 aliphatic rings. The van der Waals surface area contributed by atoms with Crippen molar-refractivity contribution in [2.45, 2.75) is 69.9 Å². The first-order chi connectivity index (χ1) is 20.2. The lowest BCUT2D eigenvalue weighted by atomic mass is 9.81. The molecule has 42 heavy (non-hydrogen) atoms. The van der Waals surface area contributed by atoms with E-state index in [0.717, 1.165) is 49.8 Å². The van der Waals surface area contributed by atoms with Gasteiger partial charge in [0, 0.05) is 28.7 Å². The Bertz CT molecular complexity index is 1330. The molecule has 0 bridgehead atoms. The number of halogens is 5. The van der Waals surface area contributed by atoms with Gasteiger partial charge < -0.3 is 4.74 Å². The zero-order valence-corrected chi connectivity index (χ0v) is 24.4. The summed E-state index contributed by atoms with van der Waals surface area (Å²) in [5.74, 6) is -3.76. The summed E-state index contributed by atoms with van der Waals surface area (Å²) in [6.45, 7) is 0.537. The van der Waals surface area contributed by atoms with Crippen molar-refractivity contribution >= 4 is 21.9 Å². The molecule has 2 nitrogen and oxygen atoms in total. The van der Waals surface area contributed by atoms with Crippen LogP contribution in [0.3, 0.4) is 0 Å². The lowest BCUT2D eigenvalue weighted by Crippen LogP contribution is -2.36. The molecule has 0 aromatic heterocycles. The molecule has 0 N–H and O–H groups in total. The Balaban J connectivity index is 1.24. The van der Waals surface area contributed by atoms with Crippen LogP contribution >= 0.6 is 0 Å². The minimum Gasteiger partial charge on any atom is -0.494 e. The number of benzene rings is 3. The summed E-state index contributed by atoms with van der Waals surface area (Å²) in [5, 5.41) is 0. The third-order valence-electron chi connectivity index (χ3n) is 7.54. The minimum atomic E-state index is -5.55. The Morgan fingerprint density at radius 2 is 1.36 bits per heavy atom. The number of ether oxygens (including phenoxy) is 1. The number of unbranched alkanes of at least 4 members (excludes halogenated alkanes) is 3. The normalized spacial score (nSPS) is 15.6. The number of aryl methyl sites for hydroxylation is 1. The number of alkyl halides is 5. The molecule has 0 spiro atoms. The van der Waals surface area contributed by atoms with Crippen LogP contribution in [0, 0.1) is 0 Å². The van der Waals surface area contributed by atoms with E-state index in [-0.39, 0.29) is 5.75 Å². The Morgan fingerprint density at radius 3 is 2.10 bits per heavy atom. The maximum atomic E-state index is 12.9. The summed E-state index contributed by atoms with van der Waals surface area (Å²) >= 11 is 0. The highest BCUT2D eigenvalue weighted by atomic mass is 32.2. The Hall–Kier alpha value is -3.00. The number of allylic oxidation sites excluding steroid dienone is 1. The van der Waals surface area contributed by atoms with Crippen molar-refractivity contribution in [3.63, 3.8) is 0 Å². The van der Waals surface area contributed by atoms with Gasteiger partial charge in [-0.1, -0.05) is 79.6 Å². The maximum absolute atomic E-state index is 12.9. The smallest absolute Gasteiger partial charge is 0.453 e. The Labute approximate surface area is 247 Å². The van der Waals surface area contributed by atoms with E-state index < -0.39 is 35.7 Å². The first-order valence-electron chi connectivity index (χ1n) is 14.6. The van der Waals surface area contributed by atoms with Crippen molar-refractivity contribution in [3.8, 4) is 5.75 Å². The molecule has 1 aliphatic carbocycles. The van der Waals surface area contributed by atoms with Crippen molar-refractivity contribution in [1.29, 1.82) is 0 Å². The Morgan fingerprint density at radius 1 is 0.714 bits per heavy atom. The molecule has 1 unspecified atom stereocenters. The van der Waals surface area contributed by atoms with Crippen LogP contribution in [0.1, 0.15) is 73.6 Å². The van der Waals surface area contributed by atoms with Gasteiger partial charge in [0.25, 0.3) is 0 Å². The van der Waals surface area contributed by atoms with E-state index >= 15 is 0 Å². The van der Waals surface area contributed by atoms with E-state index in [0.29, 0.717) is 18.8 Å². The van der Waals surface area contributed by atoms with Crippen LogP contribution in [0.5, 0.6) is 5.75 Å². The van der Waals surface area contributed by atoms with Gasteiger partial charge in [-0.3, -0.25) is 4.21 Å². The quantitative estimate of drug-likeness (QED) is 0.135. The van der Waals surface area contributed by atoms with E-state index in [1.54, 1.807) is 0 Å². The maximum Gasteiger partial charge on any atom is 0.453 e. The topological polar surface area (TPSA) is 26.3 Å². The molecular formula is C34H37F5O2S. The van der Waals surface area contributed by atoms with Gasteiger partial charge in [0.2, 0.25) is 0 Å². The minimum absolute atomic E-state index is 0.139. The second-order valence-corrected chi connectivity index (χ2v) is 12.4. The summed E-state index contributed by atoms with van der Waals surface area (Å²) in [4.78, 5) is 0. The molecule has 4 rings (SSSR count). The average molecular weight is 605 g/mol. The molecule has 0 amide bonds. The highest BCUT2D eigenvalue weighted by Gasteiger charge is 2.56. The van der Waals surface area contributed by atoms with E-state index in [1.165, 1.54) is 27.8 Å². The predicted octanol–water partition coefficient (Wildman–Crippen LogP) is 9.65. The molecule has 0 saturated carbocycles. The molecule has 1 atom stereocenters. The predicted molar refractivity (Wildman–Crippen MR) is 160 cm³/mol. The summed E-state index contributed by atoms with van der Waals surface area (Å²) in [5.41, 5.74) is 7.69. The molecular weight excluding hydrogens is 567 g/mol. The van der Waals surface area contributed by atoms with E-state index in [2.05, 4.69) is 60.7 Å². The van der Waals surface area contributed by atoms with Crippen LogP contribution in [-0.4, -0.2) is 34.4 Å². The van der Waals surface area contributed by atoms with Crippen LogP contribution in [-0.2, 0) is 17.2 Å². The number of hydrogen-bond acceptors (Lipinski definition) is 2. The first-order valence-corrected chi connectivity index (χ1v) is 16.0. The molecule has 3 aromatic carbocycles. The zero-order valence-electron chi connectivity index (χ0n) is 23.6. The van der Waals surface area contributed by atoms with Gasteiger partial charge >= 0.3 is 12.1 Å². The highest BCUT2D eigenvalue weighted by molar-refractivity contribution is 7.84. The SMILES string of the molecule is O=S(CCCCCCOc1ccc(/C(=C2/CCCc3ccccc32)c2ccccc2)cc1)CCCC(F)(F)C(F)(F)F. The fourth-order valence-corrected chi connectivity index (χ4v) is 6.52. The van der Waals surface area contributed by atoms with Crippen molar-refractivity contribution in [2.75, 3.05) is 18.1 Å². The second-order valence-electron chi connectivity index (χ2n) is 10.7. The molecule has 3 aromatic rings. The first kappa shape index (κ1) is 31.9. The molecule has 8 heteroatoms. The third kappa shape index (κ3) is 8.76. The summed E-state index contributed by atoms with van der Waals surface area (Å²) < 4.78 is 80.4. The van der Waals surface area contributed by atoms with Crippen molar-refractivity contribution < 1.29 is 30.9 Å². The molecule has 0 aliphatic heterocycles. The van der Waals surface area contributed by atoms with Crippen molar-refractivity contribution in [1.82, 2.24) is 0 Å². The molecule has 226 valence electrons. The number of fused-ring (bicyclic) bond motifs is 1. The van der Waals surface area contributed by atoms with Crippen molar-refractivity contribution in [3.05, 3.63) is 101 Å². The van der Waals surface area contributed by atoms with Gasteiger partial charge in [-0.25, -0.2) is 0 Å². The van der Waals surface area contributed by atoms with Gasteiger partial charge in [0.1, 0.15) is 5.75 Å². The van der Waals surface area contributed by atoms with Crippen molar-refractivity contribution in [2.24, 2.45) is 0 Å².